The highest BCUT2D eigenvalue weighted by Crippen LogP contribution is 2.30. The van der Waals surface area contributed by atoms with Crippen molar-refractivity contribution in [3.05, 3.63) is 58.1 Å². The van der Waals surface area contributed by atoms with Crippen LogP contribution in [0.3, 0.4) is 0 Å². The minimum absolute atomic E-state index is 0.215. The summed E-state index contributed by atoms with van der Waals surface area (Å²) in [5.74, 6) is -2.07. The predicted octanol–water partition coefficient (Wildman–Crippen LogP) is 1.98. The molecule has 0 spiro atoms. The van der Waals surface area contributed by atoms with Gasteiger partial charge >= 0.3 is 11.9 Å². The van der Waals surface area contributed by atoms with Gasteiger partial charge in [-0.3, -0.25) is 19.8 Å². The van der Waals surface area contributed by atoms with Crippen LogP contribution in [0.15, 0.2) is 46.9 Å². The Kier molecular flexibility index (Phi) is 3.98. The number of nitrogens with zero attached hydrogens (tertiary/aromatic N) is 2. The largest absolute Gasteiger partial charge is 0.479 e. The van der Waals surface area contributed by atoms with Gasteiger partial charge in [-0.25, -0.2) is 4.79 Å². The number of carboxylic acid groups (broad SMARTS) is 1. The number of carbonyl (C=O) groups is 2. The van der Waals surface area contributed by atoms with Crippen molar-refractivity contribution in [2.45, 2.75) is 6.04 Å². The highest BCUT2D eigenvalue weighted by Gasteiger charge is 2.30. The molecule has 1 unspecified atom stereocenters. The van der Waals surface area contributed by atoms with Crippen LogP contribution in [0.1, 0.15) is 11.6 Å². The van der Waals surface area contributed by atoms with E-state index in [0.717, 1.165) is 11.0 Å². The van der Waals surface area contributed by atoms with Gasteiger partial charge in [0.1, 0.15) is 4.92 Å². The number of nitro groups is 1. The smallest absolute Gasteiger partial charge is 0.434 e. The van der Waals surface area contributed by atoms with E-state index in [-0.39, 0.29) is 12.3 Å². The van der Waals surface area contributed by atoms with E-state index in [1.165, 1.54) is 18.2 Å². The molecule has 0 saturated heterocycles. The Hall–Kier alpha value is -3.16. The summed E-state index contributed by atoms with van der Waals surface area (Å²) in [7, 11) is 0. The molecule has 8 nitrogen and oxygen atoms in total. The first-order valence-electron chi connectivity index (χ1n) is 5.80. The molecular weight excluding hydrogens is 280 g/mol. The number of hydrogen-bond acceptors (Lipinski definition) is 5. The van der Waals surface area contributed by atoms with E-state index in [1.807, 2.05) is 0 Å². The lowest BCUT2D eigenvalue weighted by Crippen LogP contribution is -2.32. The molecule has 1 aromatic heterocycles. The third-order valence-electron chi connectivity index (χ3n) is 2.75. The molecule has 1 N–H and O–H groups in total. The lowest BCUT2D eigenvalue weighted by molar-refractivity contribution is -0.401. The van der Waals surface area contributed by atoms with E-state index in [9.17, 15) is 24.8 Å². The van der Waals surface area contributed by atoms with Crippen molar-refractivity contribution < 1.29 is 24.0 Å². The zero-order valence-corrected chi connectivity index (χ0v) is 10.6. The number of carbonyl (C=O) groups excluding carboxylic acids is 1. The van der Waals surface area contributed by atoms with Crippen LogP contribution in [-0.2, 0) is 9.59 Å². The third-order valence-corrected chi connectivity index (χ3v) is 2.75. The molecule has 0 aliphatic heterocycles. The van der Waals surface area contributed by atoms with Gasteiger partial charge in [0.15, 0.2) is 6.04 Å². The average molecular weight is 290 g/mol. The maximum absolute atomic E-state index is 11.4. The van der Waals surface area contributed by atoms with Crippen LogP contribution in [0.4, 0.5) is 11.8 Å². The molecule has 0 aliphatic rings. The Labute approximate surface area is 118 Å². The van der Waals surface area contributed by atoms with Crippen LogP contribution >= 0.6 is 0 Å². The molecule has 0 bridgehead atoms. The summed E-state index contributed by atoms with van der Waals surface area (Å²) in [4.78, 5) is 33.3. The first-order chi connectivity index (χ1) is 10.0. The molecule has 2 aromatic rings. The molecule has 0 aliphatic carbocycles. The standard InChI is InChI=1S/C13H10N2O6/c16-8-14(10-6-7-11(21-10)15(19)20)12(13(17)18)9-4-2-1-3-5-9/h1-8,12H,(H,17,18). The Bertz CT molecular complexity index is 666. The van der Waals surface area contributed by atoms with Crippen molar-refractivity contribution >= 4 is 24.1 Å². The summed E-state index contributed by atoms with van der Waals surface area (Å²) in [6.07, 6.45) is 0.258. The van der Waals surface area contributed by atoms with Crippen LogP contribution in [0, 0.1) is 10.1 Å². The molecule has 108 valence electrons. The monoisotopic (exact) mass is 290 g/mol. The molecule has 0 fully saturated rings. The minimum Gasteiger partial charge on any atom is -0.479 e. The quantitative estimate of drug-likeness (QED) is 0.494. The first kappa shape index (κ1) is 14.3. The number of aliphatic carboxylic acids is 1. The van der Waals surface area contributed by atoms with Crippen molar-refractivity contribution in [2.75, 3.05) is 4.90 Å². The molecule has 1 aromatic carbocycles. The number of furan rings is 1. The maximum Gasteiger partial charge on any atom is 0.434 e. The van der Waals surface area contributed by atoms with Crippen LogP contribution < -0.4 is 4.90 Å². The maximum atomic E-state index is 11.4. The number of amides is 1. The van der Waals surface area contributed by atoms with Gasteiger partial charge in [-0.05, 0) is 5.56 Å². The first-order valence-corrected chi connectivity index (χ1v) is 5.80. The van der Waals surface area contributed by atoms with E-state index >= 15 is 0 Å². The summed E-state index contributed by atoms with van der Waals surface area (Å²) in [5, 5.41) is 19.9. The Morgan fingerprint density at radius 3 is 2.43 bits per heavy atom. The SMILES string of the molecule is O=CN(c1ccc([N+](=O)[O-])o1)C(C(=O)O)c1ccccc1. The summed E-state index contributed by atoms with van der Waals surface area (Å²) in [6.45, 7) is 0. The van der Waals surface area contributed by atoms with Gasteiger partial charge in [0, 0.05) is 6.07 Å². The molecule has 1 atom stereocenters. The Balaban J connectivity index is 2.43. The van der Waals surface area contributed by atoms with Crippen LogP contribution in [0.2, 0.25) is 0 Å². The normalized spacial score (nSPS) is 11.6. The lowest BCUT2D eigenvalue weighted by atomic mass is 10.1. The second-order valence-corrected chi connectivity index (χ2v) is 4.03. The topological polar surface area (TPSA) is 114 Å². The second-order valence-electron chi connectivity index (χ2n) is 4.03. The van der Waals surface area contributed by atoms with E-state index in [2.05, 4.69) is 0 Å². The molecular formula is C13H10N2O6. The highest BCUT2D eigenvalue weighted by molar-refractivity contribution is 5.88. The fraction of sp³-hybridized carbons (Fsp3) is 0.0769. The molecule has 21 heavy (non-hydrogen) atoms. The van der Waals surface area contributed by atoms with Crippen LogP contribution in [0.5, 0.6) is 0 Å². The number of hydrogen-bond donors (Lipinski definition) is 1. The summed E-state index contributed by atoms with van der Waals surface area (Å²) in [6, 6.07) is 8.90. The zero-order valence-electron chi connectivity index (χ0n) is 10.6. The van der Waals surface area contributed by atoms with Gasteiger partial charge in [0.2, 0.25) is 12.3 Å². The molecule has 1 amide bonds. The predicted molar refractivity (Wildman–Crippen MR) is 70.7 cm³/mol. The van der Waals surface area contributed by atoms with E-state index in [0.29, 0.717) is 5.56 Å². The lowest BCUT2D eigenvalue weighted by Gasteiger charge is -2.22. The summed E-state index contributed by atoms with van der Waals surface area (Å²) < 4.78 is 4.88. The number of carboxylic acids is 1. The zero-order chi connectivity index (χ0) is 15.4. The minimum atomic E-state index is -1.34. The number of anilines is 1. The molecule has 1 heterocycles. The summed E-state index contributed by atoms with van der Waals surface area (Å²) >= 11 is 0. The van der Waals surface area contributed by atoms with Gasteiger partial charge in [0.05, 0.1) is 6.07 Å². The van der Waals surface area contributed by atoms with Crippen molar-refractivity contribution in [1.82, 2.24) is 0 Å². The number of benzene rings is 1. The average Bonchev–Trinajstić information content (AvgIpc) is 2.94. The van der Waals surface area contributed by atoms with Gasteiger partial charge in [-0.15, -0.1) is 0 Å². The van der Waals surface area contributed by atoms with Crippen LogP contribution in [0.25, 0.3) is 0 Å². The highest BCUT2D eigenvalue weighted by atomic mass is 16.6. The van der Waals surface area contributed by atoms with Gasteiger partial charge in [-0.2, -0.15) is 0 Å². The van der Waals surface area contributed by atoms with Crippen molar-refractivity contribution in [1.29, 1.82) is 0 Å². The molecule has 0 saturated carbocycles. The van der Waals surface area contributed by atoms with E-state index < -0.39 is 22.8 Å². The van der Waals surface area contributed by atoms with E-state index in [1.54, 1.807) is 18.2 Å². The Morgan fingerprint density at radius 1 is 1.29 bits per heavy atom. The van der Waals surface area contributed by atoms with E-state index in [4.69, 9.17) is 4.42 Å². The van der Waals surface area contributed by atoms with Crippen LogP contribution in [-0.4, -0.2) is 22.4 Å². The molecule has 0 radical (unpaired) electrons. The number of rotatable bonds is 6. The molecule has 8 heteroatoms. The Morgan fingerprint density at radius 2 is 1.95 bits per heavy atom. The summed E-state index contributed by atoms with van der Waals surface area (Å²) in [5.41, 5.74) is 0.344. The van der Waals surface area contributed by atoms with Gasteiger partial charge in [0.25, 0.3) is 0 Å². The van der Waals surface area contributed by atoms with Crippen molar-refractivity contribution in [2.24, 2.45) is 0 Å². The second kappa shape index (κ2) is 5.87. The van der Waals surface area contributed by atoms with Crippen molar-refractivity contribution in [3.8, 4) is 0 Å². The fourth-order valence-corrected chi connectivity index (χ4v) is 1.85. The van der Waals surface area contributed by atoms with Crippen molar-refractivity contribution in [3.63, 3.8) is 0 Å². The fourth-order valence-electron chi connectivity index (χ4n) is 1.85. The van der Waals surface area contributed by atoms with Gasteiger partial charge < -0.3 is 9.52 Å². The third kappa shape index (κ3) is 2.89. The van der Waals surface area contributed by atoms with Gasteiger partial charge in [-0.1, -0.05) is 30.3 Å². The molecule has 2 rings (SSSR count).